The highest BCUT2D eigenvalue weighted by Crippen LogP contribution is 2.28. The normalized spacial score (nSPS) is 18.3. The van der Waals surface area contributed by atoms with Crippen molar-refractivity contribution in [2.24, 2.45) is 0 Å². The highest BCUT2D eigenvalue weighted by molar-refractivity contribution is 9.10. The number of carbonyl (C=O) groups is 2. The molecule has 1 heterocycles. The van der Waals surface area contributed by atoms with Crippen LogP contribution in [0.25, 0.3) is 0 Å². The van der Waals surface area contributed by atoms with Gasteiger partial charge in [-0.15, -0.1) is 0 Å². The molecule has 2 N–H and O–H groups in total. The third kappa shape index (κ3) is 2.91. The molecule has 1 aromatic rings. The van der Waals surface area contributed by atoms with Crippen LogP contribution in [0, 0.1) is 11.3 Å². The summed E-state index contributed by atoms with van der Waals surface area (Å²) in [7, 11) is 0. The molecule has 6 nitrogen and oxygen atoms in total. The van der Waals surface area contributed by atoms with E-state index in [4.69, 9.17) is 10.4 Å². The number of benzene rings is 1. The molecule has 1 amide bonds. The molecule has 1 aromatic carbocycles. The zero-order valence-corrected chi connectivity index (χ0v) is 12.1. The summed E-state index contributed by atoms with van der Waals surface area (Å²) in [4.78, 5) is 24.5. The third-order valence-corrected chi connectivity index (χ3v) is 3.58. The number of hydrogen-bond donors (Lipinski definition) is 2. The van der Waals surface area contributed by atoms with E-state index in [9.17, 15) is 9.59 Å². The van der Waals surface area contributed by atoms with Crippen molar-refractivity contribution < 1.29 is 14.7 Å². The van der Waals surface area contributed by atoms with Crippen molar-refractivity contribution in [3.63, 3.8) is 0 Å². The van der Waals surface area contributed by atoms with Gasteiger partial charge in [-0.05, 0) is 18.2 Å². The van der Waals surface area contributed by atoms with Gasteiger partial charge < -0.3 is 15.3 Å². The van der Waals surface area contributed by atoms with Crippen LogP contribution in [0.4, 0.5) is 5.69 Å². The van der Waals surface area contributed by atoms with Crippen molar-refractivity contribution in [1.29, 1.82) is 5.26 Å². The summed E-state index contributed by atoms with van der Waals surface area (Å²) in [6.45, 7) is 0.890. The number of carboxylic acids is 1. The molecule has 1 aliphatic heterocycles. The highest BCUT2D eigenvalue weighted by atomic mass is 79.9. The lowest BCUT2D eigenvalue weighted by atomic mass is 10.1. The number of rotatable bonds is 3. The largest absolute Gasteiger partial charge is 0.481 e. The van der Waals surface area contributed by atoms with Crippen LogP contribution in [0.1, 0.15) is 12.0 Å². The molecule has 2 rings (SSSR count). The average Bonchev–Trinajstić information content (AvgIpc) is 2.40. The first-order chi connectivity index (χ1) is 9.52. The Morgan fingerprint density at radius 3 is 3.00 bits per heavy atom. The van der Waals surface area contributed by atoms with Crippen LogP contribution in [-0.2, 0) is 9.59 Å². The smallest absolute Gasteiger partial charge is 0.305 e. The molecule has 0 spiro atoms. The number of nitrogens with one attached hydrogen (secondary N) is 1. The second kappa shape index (κ2) is 5.92. The summed E-state index contributed by atoms with van der Waals surface area (Å²) in [6.07, 6.45) is -0.302. The van der Waals surface area contributed by atoms with Crippen molar-refractivity contribution in [1.82, 2.24) is 5.32 Å². The second-order valence-electron chi connectivity index (χ2n) is 4.37. The zero-order valence-electron chi connectivity index (χ0n) is 10.5. The number of aliphatic carboxylic acids is 1. The van der Waals surface area contributed by atoms with Crippen LogP contribution in [0.3, 0.4) is 0 Å². The molecule has 1 fully saturated rings. The molecule has 1 atom stereocenters. The minimum Gasteiger partial charge on any atom is -0.481 e. The molecule has 0 bridgehead atoms. The third-order valence-electron chi connectivity index (χ3n) is 3.09. The van der Waals surface area contributed by atoms with Gasteiger partial charge in [-0.3, -0.25) is 9.59 Å². The van der Waals surface area contributed by atoms with Gasteiger partial charge in [-0.1, -0.05) is 15.9 Å². The molecule has 104 valence electrons. The van der Waals surface area contributed by atoms with Crippen LogP contribution in [-0.4, -0.2) is 36.1 Å². The van der Waals surface area contributed by atoms with E-state index in [0.29, 0.717) is 24.3 Å². The Balaban J connectivity index is 2.42. The molecule has 0 aromatic heterocycles. The van der Waals surface area contributed by atoms with Gasteiger partial charge in [0.05, 0.1) is 17.7 Å². The number of nitriles is 1. The minimum absolute atomic E-state index is 0.302. The van der Waals surface area contributed by atoms with Crippen molar-refractivity contribution in [2.75, 3.05) is 18.0 Å². The lowest BCUT2D eigenvalue weighted by Gasteiger charge is -2.36. The van der Waals surface area contributed by atoms with E-state index in [1.807, 2.05) is 0 Å². The Kier molecular flexibility index (Phi) is 4.25. The van der Waals surface area contributed by atoms with Crippen molar-refractivity contribution in [3.05, 3.63) is 28.2 Å². The number of carbonyl (C=O) groups excluding carboxylic acids is 1. The molecule has 1 aliphatic rings. The molecular formula is C13H12BrN3O3. The fourth-order valence-electron chi connectivity index (χ4n) is 2.21. The van der Waals surface area contributed by atoms with Gasteiger partial charge in [0.2, 0.25) is 5.91 Å². The summed E-state index contributed by atoms with van der Waals surface area (Å²) < 4.78 is 0.770. The molecule has 0 aliphatic carbocycles. The summed E-state index contributed by atoms with van der Waals surface area (Å²) in [6, 6.07) is 6.37. The molecule has 1 saturated heterocycles. The summed E-state index contributed by atoms with van der Waals surface area (Å²) in [5.74, 6) is -1.38. The van der Waals surface area contributed by atoms with E-state index in [1.54, 1.807) is 23.1 Å². The first-order valence-corrected chi connectivity index (χ1v) is 6.78. The molecular weight excluding hydrogens is 326 g/mol. The summed E-state index contributed by atoms with van der Waals surface area (Å²) in [5.41, 5.74) is 0.987. The first-order valence-electron chi connectivity index (χ1n) is 5.98. The van der Waals surface area contributed by atoms with Gasteiger partial charge in [0.25, 0.3) is 0 Å². The Morgan fingerprint density at radius 2 is 2.35 bits per heavy atom. The lowest BCUT2D eigenvalue weighted by molar-refractivity contribution is -0.139. The molecule has 1 unspecified atom stereocenters. The Labute approximate surface area is 124 Å². The SMILES string of the molecule is N#Cc1ccc(Br)cc1N1CCNC(=O)C1CC(=O)O. The van der Waals surface area contributed by atoms with Crippen LogP contribution in [0.2, 0.25) is 0 Å². The van der Waals surface area contributed by atoms with E-state index in [2.05, 4.69) is 27.3 Å². The number of hydrogen-bond acceptors (Lipinski definition) is 4. The van der Waals surface area contributed by atoms with Crippen LogP contribution < -0.4 is 10.2 Å². The highest BCUT2D eigenvalue weighted by Gasteiger charge is 2.32. The van der Waals surface area contributed by atoms with Crippen molar-refractivity contribution in [2.45, 2.75) is 12.5 Å². The topological polar surface area (TPSA) is 93.4 Å². The molecule has 0 radical (unpaired) electrons. The second-order valence-corrected chi connectivity index (χ2v) is 5.29. The van der Waals surface area contributed by atoms with E-state index in [1.165, 1.54) is 0 Å². The maximum atomic E-state index is 11.9. The van der Waals surface area contributed by atoms with Gasteiger partial charge in [-0.25, -0.2) is 0 Å². The van der Waals surface area contributed by atoms with Crippen molar-refractivity contribution >= 4 is 33.5 Å². The van der Waals surface area contributed by atoms with E-state index >= 15 is 0 Å². The van der Waals surface area contributed by atoms with Crippen molar-refractivity contribution in [3.8, 4) is 6.07 Å². The molecule has 0 saturated carbocycles. The number of piperazine rings is 1. The lowest BCUT2D eigenvalue weighted by Crippen LogP contribution is -2.56. The first kappa shape index (κ1) is 14.3. The van der Waals surface area contributed by atoms with Gasteiger partial charge in [-0.2, -0.15) is 5.26 Å². The Bertz CT molecular complexity index is 597. The van der Waals surface area contributed by atoms with E-state index < -0.39 is 12.0 Å². The maximum absolute atomic E-state index is 11.9. The summed E-state index contributed by atoms with van der Waals surface area (Å²) >= 11 is 3.33. The predicted molar refractivity (Wildman–Crippen MR) is 75.3 cm³/mol. The number of anilines is 1. The van der Waals surface area contributed by atoms with Gasteiger partial charge >= 0.3 is 5.97 Å². The number of halogens is 1. The maximum Gasteiger partial charge on any atom is 0.305 e. The molecule has 20 heavy (non-hydrogen) atoms. The Hall–Kier alpha value is -2.07. The standard InChI is InChI=1S/C13H12BrN3O3/c14-9-2-1-8(7-15)10(5-9)17-4-3-16-13(20)11(17)6-12(18)19/h1-2,5,11H,3-4,6H2,(H,16,20)(H,18,19). The van der Waals surface area contributed by atoms with Gasteiger partial charge in [0.1, 0.15) is 12.1 Å². The summed E-state index contributed by atoms with van der Waals surface area (Å²) in [5, 5.41) is 20.8. The minimum atomic E-state index is -1.05. The number of nitrogens with zero attached hydrogens (tertiary/aromatic N) is 2. The monoisotopic (exact) mass is 337 g/mol. The van der Waals surface area contributed by atoms with E-state index in [0.717, 1.165) is 4.47 Å². The zero-order chi connectivity index (χ0) is 14.7. The van der Waals surface area contributed by atoms with Crippen LogP contribution in [0.15, 0.2) is 22.7 Å². The fourth-order valence-corrected chi connectivity index (χ4v) is 2.56. The van der Waals surface area contributed by atoms with Gasteiger partial charge in [0.15, 0.2) is 0 Å². The van der Waals surface area contributed by atoms with E-state index in [-0.39, 0.29) is 12.3 Å². The Morgan fingerprint density at radius 1 is 1.60 bits per heavy atom. The average molecular weight is 338 g/mol. The number of amides is 1. The quantitative estimate of drug-likeness (QED) is 0.861. The van der Waals surface area contributed by atoms with Gasteiger partial charge in [0, 0.05) is 17.6 Å². The van der Waals surface area contributed by atoms with Crippen LogP contribution >= 0.6 is 15.9 Å². The fraction of sp³-hybridized carbons (Fsp3) is 0.308. The van der Waals surface area contributed by atoms with Crippen LogP contribution in [0.5, 0.6) is 0 Å². The molecule has 7 heteroatoms. The predicted octanol–water partition coefficient (Wildman–Crippen LogP) is 1.10. The number of carboxylic acid groups (broad SMARTS) is 1.